The summed E-state index contributed by atoms with van der Waals surface area (Å²) in [7, 11) is 0. The number of likely N-dealkylation sites (tertiary alicyclic amines) is 1. The highest BCUT2D eigenvalue weighted by Gasteiger charge is 2.38. The van der Waals surface area contributed by atoms with Gasteiger partial charge < -0.3 is 14.4 Å². The molecule has 0 radical (unpaired) electrons. The first-order chi connectivity index (χ1) is 16.4. The summed E-state index contributed by atoms with van der Waals surface area (Å²) in [4.78, 5) is 32.8. The minimum absolute atomic E-state index is 0.145. The van der Waals surface area contributed by atoms with Crippen LogP contribution in [0, 0.1) is 12.7 Å². The summed E-state index contributed by atoms with van der Waals surface area (Å²) < 4.78 is 21.6. The van der Waals surface area contributed by atoms with Gasteiger partial charge in [0, 0.05) is 28.6 Å². The number of esters is 1. The molecule has 0 bridgehead atoms. The van der Waals surface area contributed by atoms with E-state index in [0.717, 1.165) is 42.4 Å². The summed E-state index contributed by atoms with van der Waals surface area (Å²) in [5, 5.41) is 11.4. The Morgan fingerprint density at radius 1 is 1.15 bits per heavy atom. The average molecular weight is 461 g/mol. The number of nitrogens with zero attached hydrogens (tertiary/aromatic N) is 3. The number of benzene rings is 1. The number of carbonyl (C=O) groups excluding carboxylic acids is 1. The van der Waals surface area contributed by atoms with Gasteiger partial charge in [0.25, 0.3) is 5.56 Å². The highest BCUT2D eigenvalue weighted by Crippen LogP contribution is 2.47. The van der Waals surface area contributed by atoms with E-state index in [1.807, 2.05) is 6.92 Å². The Labute approximate surface area is 194 Å². The van der Waals surface area contributed by atoms with Crippen LogP contribution in [0.2, 0.25) is 0 Å². The summed E-state index contributed by atoms with van der Waals surface area (Å²) in [5.41, 5.74) is 6.00. The molecule has 2 aromatic heterocycles. The molecular weight excluding hydrogens is 437 g/mol. The van der Waals surface area contributed by atoms with Crippen LogP contribution < -0.4 is 5.56 Å². The first-order valence-electron chi connectivity index (χ1n) is 11.9. The summed E-state index contributed by atoms with van der Waals surface area (Å²) in [6.07, 6.45) is 2.56. The number of aromatic nitrogens is 2. The van der Waals surface area contributed by atoms with Gasteiger partial charge >= 0.3 is 5.97 Å². The predicted molar refractivity (Wildman–Crippen MR) is 122 cm³/mol. The van der Waals surface area contributed by atoms with Crippen LogP contribution in [0.25, 0.3) is 22.3 Å². The number of carbonyl (C=O) groups is 1. The fraction of sp³-hybridized carbons (Fsp3) is 0.423. The van der Waals surface area contributed by atoms with Crippen molar-refractivity contribution in [1.82, 2.24) is 14.5 Å². The Hall–Kier alpha value is -3.10. The van der Waals surface area contributed by atoms with E-state index >= 15 is 0 Å². The molecule has 0 saturated carbocycles. The molecule has 0 spiro atoms. The summed E-state index contributed by atoms with van der Waals surface area (Å²) >= 11 is 0. The molecule has 4 aliphatic rings. The van der Waals surface area contributed by atoms with Crippen LogP contribution in [-0.2, 0) is 29.1 Å². The number of ether oxygens (including phenoxy) is 1. The number of cyclic esters (lactones) is 1. The minimum Gasteiger partial charge on any atom is -0.458 e. The van der Waals surface area contributed by atoms with Crippen LogP contribution in [0.1, 0.15) is 64.8 Å². The van der Waals surface area contributed by atoms with E-state index in [4.69, 9.17) is 9.72 Å². The molecule has 1 fully saturated rings. The Kier molecular flexibility index (Phi) is 4.15. The van der Waals surface area contributed by atoms with Crippen LogP contribution >= 0.6 is 0 Å². The fourth-order valence-electron chi connectivity index (χ4n) is 6.50. The number of hydrogen-bond acceptors (Lipinski definition) is 6. The second kappa shape index (κ2) is 6.96. The lowest BCUT2D eigenvalue weighted by molar-refractivity contribution is -0.157. The molecule has 1 unspecified atom stereocenters. The van der Waals surface area contributed by atoms with Crippen molar-refractivity contribution in [3.8, 4) is 11.4 Å². The van der Waals surface area contributed by atoms with Gasteiger partial charge in [0.15, 0.2) is 6.10 Å². The van der Waals surface area contributed by atoms with Crippen molar-refractivity contribution in [3.05, 3.63) is 61.7 Å². The maximum absolute atomic E-state index is 14.9. The number of aliphatic hydroxyl groups excluding tert-OH is 1. The van der Waals surface area contributed by atoms with E-state index in [1.165, 1.54) is 24.5 Å². The molecule has 7 nitrogen and oxygen atoms in total. The summed E-state index contributed by atoms with van der Waals surface area (Å²) in [6, 6.07) is 3.41. The molecule has 174 valence electrons. The van der Waals surface area contributed by atoms with Crippen molar-refractivity contribution in [2.75, 3.05) is 13.1 Å². The van der Waals surface area contributed by atoms with Gasteiger partial charge in [-0.25, -0.2) is 14.2 Å². The van der Waals surface area contributed by atoms with E-state index in [0.29, 0.717) is 34.6 Å². The van der Waals surface area contributed by atoms with Crippen molar-refractivity contribution < 1.29 is 19.0 Å². The molecule has 8 heteroatoms. The third-order valence-electron chi connectivity index (χ3n) is 8.20. The van der Waals surface area contributed by atoms with Crippen LogP contribution in [0.4, 0.5) is 4.39 Å². The highest BCUT2D eigenvalue weighted by molar-refractivity contribution is 5.93. The molecule has 1 saturated heterocycles. The van der Waals surface area contributed by atoms with Gasteiger partial charge in [0.1, 0.15) is 12.4 Å². The summed E-state index contributed by atoms with van der Waals surface area (Å²) in [5.74, 6) is -1.02. The number of pyridine rings is 2. The van der Waals surface area contributed by atoms with Gasteiger partial charge in [-0.3, -0.25) is 9.69 Å². The zero-order valence-electron chi connectivity index (χ0n) is 18.9. The van der Waals surface area contributed by atoms with Crippen molar-refractivity contribution in [2.45, 2.75) is 57.9 Å². The third kappa shape index (κ3) is 2.55. The average Bonchev–Trinajstić information content (AvgIpc) is 3.49. The van der Waals surface area contributed by atoms with E-state index in [9.17, 15) is 19.1 Å². The van der Waals surface area contributed by atoms with Gasteiger partial charge in [-0.05, 0) is 68.5 Å². The van der Waals surface area contributed by atoms with Gasteiger partial charge in [-0.2, -0.15) is 0 Å². The maximum atomic E-state index is 14.9. The van der Waals surface area contributed by atoms with E-state index in [1.54, 1.807) is 10.6 Å². The third-order valence-corrected chi connectivity index (χ3v) is 8.20. The van der Waals surface area contributed by atoms with Crippen LogP contribution in [0.15, 0.2) is 16.9 Å². The number of aryl methyl sites for hydroxylation is 1. The van der Waals surface area contributed by atoms with Crippen LogP contribution in [0.5, 0.6) is 0 Å². The quantitative estimate of drug-likeness (QED) is 0.439. The molecular formula is C26H24FN3O4. The lowest BCUT2D eigenvalue weighted by Gasteiger charge is -2.35. The highest BCUT2D eigenvalue weighted by atomic mass is 19.1. The topological polar surface area (TPSA) is 84.7 Å². The first-order valence-corrected chi connectivity index (χ1v) is 11.9. The molecule has 3 aliphatic heterocycles. The minimum atomic E-state index is -1.49. The zero-order valence-corrected chi connectivity index (χ0v) is 18.9. The van der Waals surface area contributed by atoms with Crippen LogP contribution in [0.3, 0.4) is 0 Å². The first kappa shape index (κ1) is 20.3. The molecule has 0 amide bonds. The Bertz CT molecular complexity index is 1490. The molecule has 1 N–H and O–H groups in total. The van der Waals surface area contributed by atoms with Crippen molar-refractivity contribution in [1.29, 1.82) is 0 Å². The molecule has 3 aromatic rings. The second-order valence-corrected chi connectivity index (χ2v) is 9.87. The van der Waals surface area contributed by atoms with Crippen LogP contribution in [-0.4, -0.2) is 38.6 Å². The number of halogens is 1. The zero-order chi connectivity index (χ0) is 23.3. The van der Waals surface area contributed by atoms with Gasteiger partial charge in [-0.1, -0.05) is 0 Å². The van der Waals surface area contributed by atoms with E-state index in [2.05, 4.69) is 4.90 Å². The lowest BCUT2D eigenvalue weighted by Crippen LogP contribution is -2.32. The van der Waals surface area contributed by atoms with Gasteiger partial charge in [-0.15, -0.1) is 0 Å². The lowest BCUT2D eigenvalue weighted by atomic mass is 9.81. The number of hydrogen-bond donors (Lipinski definition) is 1. The largest absolute Gasteiger partial charge is 0.458 e. The monoisotopic (exact) mass is 461 g/mol. The molecule has 5 heterocycles. The van der Waals surface area contributed by atoms with E-state index < -0.39 is 12.1 Å². The van der Waals surface area contributed by atoms with E-state index in [-0.39, 0.29) is 29.6 Å². The maximum Gasteiger partial charge on any atom is 0.340 e. The standard InChI is InChI=1S/C26H24FN3O4/c1-12-13-4-5-19(29-6-2-3-7-29)22-15-10-30-20(23(15)28-18(21(13)22)9-17(12)27)8-14-16(25(30)32)11-34-26(33)24(14)31/h8-9,19,24,31H,2-7,10-11H2,1H3/t19-,24?/m1/s1. The molecule has 7 rings (SSSR count). The summed E-state index contributed by atoms with van der Waals surface area (Å²) in [6.45, 7) is 4.13. The Balaban J connectivity index is 1.54. The van der Waals surface area contributed by atoms with Gasteiger partial charge in [0.2, 0.25) is 0 Å². The molecule has 1 aromatic carbocycles. The molecule has 1 aliphatic carbocycles. The number of aliphatic hydroxyl groups is 1. The van der Waals surface area contributed by atoms with Gasteiger partial charge in [0.05, 0.1) is 29.0 Å². The predicted octanol–water partition coefficient (Wildman–Crippen LogP) is 3.05. The number of rotatable bonds is 1. The van der Waals surface area contributed by atoms with Crippen molar-refractivity contribution >= 4 is 16.9 Å². The second-order valence-electron chi connectivity index (χ2n) is 9.87. The normalized spacial score (nSPS) is 23.1. The Morgan fingerprint density at radius 2 is 1.94 bits per heavy atom. The molecule has 34 heavy (non-hydrogen) atoms. The fourth-order valence-corrected chi connectivity index (χ4v) is 6.50. The van der Waals surface area contributed by atoms with Crippen molar-refractivity contribution in [3.63, 3.8) is 0 Å². The number of fused-ring (bicyclic) bond motifs is 5. The Morgan fingerprint density at radius 3 is 2.74 bits per heavy atom. The smallest absolute Gasteiger partial charge is 0.340 e. The SMILES string of the molecule is Cc1c(F)cc2nc3c(c4c2c1CC[C@H]4N1CCCC1)Cn1c-3cc2c(c1=O)COC(=O)C2O. The van der Waals surface area contributed by atoms with Crippen molar-refractivity contribution in [2.24, 2.45) is 0 Å². The molecule has 2 atom stereocenters.